The van der Waals surface area contributed by atoms with E-state index in [-0.39, 0.29) is 6.10 Å². The van der Waals surface area contributed by atoms with Gasteiger partial charge in [-0.05, 0) is 51.4 Å². The third kappa shape index (κ3) is 3.07. The Bertz CT molecular complexity index is 399. The monoisotopic (exact) mass is 270 g/mol. The molecule has 102 valence electrons. The molecule has 0 aliphatic heterocycles. The Morgan fingerprint density at radius 2 is 2.17 bits per heavy atom. The highest BCUT2D eigenvalue weighted by Crippen LogP contribution is 2.34. The minimum atomic E-state index is -0.104. The van der Waals surface area contributed by atoms with Gasteiger partial charge in [0.1, 0.15) is 0 Å². The molecule has 1 aromatic heterocycles. The normalized spacial score (nSPS) is 17.1. The van der Waals surface area contributed by atoms with Gasteiger partial charge in [0.05, 0.1) is 22.5 Å². The molecular formula is C14H23ClN2O. The molecule has 2 rings (SSSR count). The first-order chi connectivity index (χ1) is 8.67. The lowest BCUT2D eigenvalue weighted by molar-refractivity contribution is 0.139. The van der Waals surface area contributed by atoms with Gasteiger partial charge in [-0.3, -0.25) is 4.68 Å². The molecule has 1 heterocycles. The van der Waals surface area contributed by atoms with E-state index in [9.17, 15) is 5.11 Å². The van der Waals surface area contributed by atoms with Crippen molar-refractivity contribution in [1.82, 2.24) is 9.78 Å². The summed E-state index contributed by atoms with van der Waals surface area (Å²) in [5.41, 5.74) is 2.13. The van der Waals surface area contributed by atoms with Gasteiger partial charge in [-0.2, -0.15) is 5.10 Å². The Hall–Kier alpha value is -0.540. The minimum Gasteiger partial charge on any atom is -0.393 e. The highest BCUT2D eigenvalue weighted by atomic mass is 35.5. The summed E-state index contributed by atoms with van der Waals surface area (Å²) >= 11 is 6.35. The van der Waals surface area contributed by atoms with E-state index in [1.807, 2.05) is 4.68 Å². The quantitative estimate of drug-likeness (QED) is 0.826. The van der Waals surface area contributed by atoms with E-state index < -0.39 is 0 Å². The zero-order valence-electron chi connectivity index (χ0n) is 11.3. The van der Waals surface area contributed by atoms with Gasteiger partial charge in [-0.1, -0.05) is 18.5 Å². The van der Waals surface area contributed by atoms with Gasteiger partial charge in [0, 0.05) is 6.54 Å². The van der Waals surface area contributed by atoms with Crippen LogP contribution in [0.5, 0.6) is 0 Å². The third-order valence-corrected chi connectivity index (χ3v) is 4.21. The molecule has 0 saturated heterocycles. The molecule has 1 saturated carbocycles. The summed E-state index contributed by atoms with van der Waals surface area (Å²) < 4.78 is 2.00. The van der Waals surface area contributed by atoms with Crippen LogP contribution in [0.25, 0.3) is 0 Å². The molecule has 1 aliphatic rings. The second-order valence-corrected chi connectivity index (χ2v) is 5.55. The maximum atomic E-state index is 9.86. The van der Waals surface area contributed by atoms with Crippen LogP contribution in [0, 0.1) is 5.92 Å². The van der Waals surface area contributed by atoms with Gasteiger partial charge in [0.25, 0.3) is 0 Å². The molecule has 1 aromatic rings. The number of aryl methyl sites for hydroxylation is 2. The number of rotatable bonds is 7. The van der Waals surface area contributed by atoms with Crippen molar-refractivity contribution in [2.24, 2.45) is 5.92 Å². The summed E-state index contributed by atoms with van der Waals surface area (Å²) in [6.45, 7) is 5.03. The summed E-state index contributed by atoms with van der Waals surface area (Å²) in [4.78, 5) is 0. The highest BCUT2D eigenvalue weighted by molar-refractivity contribution is 6.31. The molecule has 3 nitrogen and oxygen atoms in total. The predicted octanol–water partition coefficient (Wildman–Crippen LogP) is 3.21. The van der Waals surface area contributed by atoms with Crippen LogP contribution in [0.15, 0.2) is 0 Å². The second-order valence-electron chi connectivity index (χ2n) is 5.17. The molecule has 4 heteroatoms. The van der Waals surface area contributed by atoms with Crippen LogP contribution in [-0.2, 0) is 19.4 Å². The van der Waals surface area contributed by atoms with E-state index in [1.54, 1.807) is 0 Å². The summed E-state index contributed by atoms with van der Waals surface area (Å²) in [6.07, 6.45) is 5.98. The van der Waals surface area contributed by atoms with Gasteiger partial charge < -0.3 is 5.11 Å². The van der Waals surface area contributed by atoms with E-state index in [1.165, 1.54) is 12.8 Å². The zero-order valence-corrected chi connectivity index (χ0v) is 12.1. The van der Waals surface area contributed by atoms with Crippen molar-refractivity contribution in [1.29, 1.82) is 0 Å². The number of hydrogen-bond donors (Lipinski definition) is 1. The number of hydrogen-bond acceptors (Lipinski definition) is 2. The summed E-state index contributed by atoms with van der Waals surface area (Å²) in [7, 11) is 0. The molecule has 18 heavy (non-hydrogen) atoms. The molecule has 1 N–H and O–H groups in total. The van der Waals surface area contributed by atoms with Gasteiger partial charge in [0.2, 0.25) is 0 Å². The summed E-state index contributed by atoms with van der Waals surface area (Å²) in [5, 5.41) is 15.2. The van der Waals surface area contributed by atoms with E-state index in [0.717, 1.165) is 48.6 Å². The maximum Gasteiger partial charge on any atom is 0.0849 e. The Balaban J connectivity index is 1.92. The Kier molecular flexibility index (Phi) is 4.68. The smallest absolute Gasteiger partial charge is 0.0849 e. The molecule has 0 spiro atoms. The number of aliphatic hydroxyl groups excluding tert-OH is 1. The lowest BCUT2D eigenvalue weighted by Gasteiger charge is -2.09. The van der Waals surface area contributed by atoms with Gasteiger partial charge in [-0.15, -0.1) is 0 Å². The van der Waals surface area contributed by atoms with E-state index >= 15 is 0 Å². The molecular weight excluding hydrogens is 248 g/mol. The summed E-state index contributed by atoms with van der Waals surface area (Å²) in [6, 6.07) is 0. The first-order valence-electron chi connectivity index (χ1n) is 7.09. The molecule has 1 atom stereocenters. The minimum absolute atomic E-state index is 0.104. The number of aliphatic hydroxyl groups is 1. The number of halogens is 1. The van der Waals surface area contributed by atoms with Gasteiger partial charge in [-0.25, -0.2) is 0 Å². The van der Waals surface area contributed by atoms with Crippen LogP contribution in [0.4, 0.5) is 0 Å². The predicted molar refractivity (Wildman–Crippen MR) is 74.0 cm³/mol. The molecule has 0 bridgehead atoms. The molecule has 1 fully saturated rings. The highest BCUT2D eigenvalue weighted by Gasteiger charge is 2.29. The lowest BCUT2D eigenvalue weighted by atomic mass is 10.1. The van der Waals surface area contributed by atoms with Gasteiger partial charge in [0.15, 0.2) is 0 Å². The Morgan fingerprint density at radius 3 is 2.72 bits per heavy atom. The lowest BCUT2D eigenvalue weighted by Crippen LogP contribution is -2.10. The van der Waals surface area contributed by atoms with Crippen molar-refractivity contribution >= 4 is 11.6 Å². The Labute approximate surface area is 114 Å². The average molecular weight is 271 g/mol. The van der Waals surface area contributed by atoms with Gasteiger partial charge >= 0.3 is 0 Å². The SMILES string of the molecule is CCc1nn(CC)c(CCCC(O)C2CC2)c1Cl. The van der Waals surface area contributed by atoms with Crippen LogP contribution < -0.4 is 0 Å². The van der Waals surface area contributed by atoms with Crippen molar-refractivity contribution < 1.29 is 5.11 Å². The van der Waals surface area contributed by atoms with Crippen molar-refractivity contribution in [2.45, 2.75) is 65.0 Å². The Morgan fingerprint density at radius 1 is 1.44 bits per heavy atom. The van der Waals surface area contributed by atoms with Crippen molar-refractivity contribution in [3.05, 3.63) is 16.4 Å². The van der Waals surface area contributed by atoms with Crippen LogP contribution in [0.3, 0.4) is 0 Å². The molecule has 0 radical (unpaired) electrons. The first kappa shape index (κ1) is 13.9. The van der Waals surface area contributed by atoms with Crippen molar-refractivity contribution in [3.8, 4) is 0 Å². The van der Waals surface area contributed by atoms with E-state index in [4.69, 9.17) is 11.6 Å². The molecule has 0 aromatic carbocycles. The largest absolute Gasteiger partial charge is 0.393 e. The van der Waals surface area contributed by atoms with Crippen LogP contribution in [0.1, 0.15) is 50.9 Å². The average Bonchev–Trinajstić information content (AvgIpc) is 3.17. The van der Waals surface area contributed by atoms with Crippen molar-refractivity contribution in [3.63, 3.8) is 0 Å². The zero-order chi connectivity index (χ0) is 13.1. The maximum absolute atomic E-state index is 9.86. The fourth-order valence-corrected chi connectivity index (χ4v) is 2.81. The summed E-state index contributed by atoms with van der Waals surface area (Å²) in [5.74, 6) is 0.572. The number of nitrogens with zero attached hydrogens (tertiary/aromatic N) is 2. The van der Waals surface area contributed by atoms with E-state index in [0.29, 0.717) is 5.92 Å². The molecule has 0 amide bonds. The second kappa shape index (κ2) is 6.07. The fraction of sp³-hybridized carbons (Fsp3) is 0.786. The van der Waals surface area contributed by atoms with Crippen LogP contribution >= 0.6 is 11.6 Å². The number of aromatic nitrogens is 2. The van der Waals surface area contributed by atoms with Crippen molar-refractivity contribution in [2.75, 3.05) is 0 Å². The first-order valence-corrected chi connectivity index (χ1v) is 7.47. The molecule has 1 unspecified atom stereocenters. The van der Waals surface area contributed by atoms with E-state index in [2.05, 4.69) is 18.9 Å². The van der Waals surface area contributed by atoms with Crippen LogP contribution in [0.2, 0.25) is 5.02 Å². The standard InChI is InChI=1S/C14H23ClN2O/c1-3-11-14(15)12(17(4-2)16-11)6-5-7-13(18)10-8-9-10/h10,13,18H,3-9H2,1-2H3. The van der Waals surface area contributed by atoms with Crippen LogP contribution in [-0.4, -0.2) is 21.0 Å². The fourth-order valence-electron chi connectivity index (χ4n) is 2.45. The topological polar surface area (TPSA) is 38.0 Å². The molecule has 1 aliphatic carbocycles. The third-order valence-electron chi connectivity index (χ3n) is 3.77.